The van der Waals surface area contributed by atoms with Gasteiger partial charge in [0.05, 0.1) is 5.69 Å². The molecule has 5 heteroatoms. The molecule has 1 saturated heterocycles. The molecule has 0 saturated carbocycles. The molecule has 1 aliphatic heterocycles. The number of carbonyl (C=O) groups is 1. The van der Waals surface area contributed by atoms with E-state index in [1.807, 2.05) is 36.9 Å². The van der Waals surface area contributed by atoms with Crippen molar-refractivity contribution >= 4 is 5.91 Å². The van der Waals surface area contributed by atoms with Gasteiger partial charge in [0.1, 0.15) is 12.4 Å². The lowest BCUT2D eigenvalue weighted by atomic mass is 10.0. The molecule has 29 heavy (non-hydrogen) atoms. The maximum absolute atomic E-state index is 12.1. The highest BCUT2D eigenvalue weighted by Gasteiger charge is 2.23. The number of amides is 1. The van der Waals surface area contributed by atoms with Gasteiger partial charge >= 0.3 is 0 Å². The third kappa shape index (κ3) is 5.80. The standard InChI is InChI=1S/C24H33N3O2/c1-17(2)24(28)27-11-8-21(9-12-27)26-15-20-13-18(3)23(19(4)14-20)29-16-22-7-5-6-10-25-22/h5-7,10,13-14,17,21,26H,8-9,11-12,15-16H2,1-4H3. The first-order valence-corrected chi connectivity index (χ1v) is 10.6. The number of piperidine rings is 1. The van der Waals surface area contributed by atoms with Crippen molar-refractivity contribution < 1.29 is 9.53 Å². The second kappa shape index (κ2) is 9.88. The number of carbonyl (C=O) groups excluding carboxylic acids is 1. The summed E-state index contributed by atoms with van der Waals surface area (Å²) in [5.74, 6) is 1.31. The first kappa shape index (κ1) is 21.3. The zero-order valence-electron chi connectivity index (χ0n) is 18.1. The summed E-state index contributed by atoms with van der Waals surface area (Å²) in [6.45, 7) is 11.2. The molecule has 5 nitrogen and oxygen atoms in total. The molecule has 1 aromatic heterocycles. The van der Waals surface area contributed by atoms with Crippen LogP contribution in [0, 0.1) is 19.8 Å². The van der Waals surface area contributed by atoms with Gasteiger partial charge < -0.3 is 15.0 Å². The summed E-state index contributed by atoms with van der Waals surface area (Å²) >= 11 is 0. The van der Waals surface area contributed by atoms with Gasteiger partial charge in [0, 0.05) is 37.8 Å². The highest BCUT2D eigenvalue weighted by Crippen LogP contribution is 2.26. The molecule has 2 heterocycles. The molecular weight excluding hydrogens is 362 g/mol. The van der Waals surface area contributed by atoms with Crippen LogP contribution in [0.5, 0.6) is 5.75 Å². The van der Waals surface area contributed by atoms with E-state index >= 15 is 0 Å². The lowest BCUT2D eigenvalue weighted by molar-refractivity contribution is -0.135. The molecule has 1 amide bonds. The molecule has 1 N–H and O–H groups in total. The predicted molar refractivity (Wildman–Crippen MR) is 116 cm³/mol. The van der Waals surface area contributed by atoms with Crippen LogP contribution >= 0.6 is 0 Å². The zero-order chi connectivity index (χ0) is 20.8. The Hall–Kier alpha value is -2.40. The van der Waals surface area contributed by atoms with E-state index in [-0.39, 0.29) is 11.8 Å². The fraction of sp³-hybridized carbons (Fsp3) is 0.500. The summed E-state index contributed by atoms with van der Waals surface area (Å²) < 4.78 is 6.04. The maximum atomic E-state index is 12.1. The van der Waals surface area contributed by atoms with Gasteiger partial charge in [0.25, 0.3) is 0 Å². The van der Waals surface area contributed by atoms with E-state index in [9.17, 15) is 4.79 Å². The Labute approximate surface area is 174 Å². The molecule has 156 valence electrons. The first-order valence-electron chi connectivity index (χ1n) is 10.6. The molecule has 0 bridgehead atoms. The number of nitrogens with zero attached hydrogens (tertiary/aromatic N) is 2. The number of nitrogens with one attached hydrogen (secondary N) is 1. The largest absolute Gasteiger partial charge is 0.487 e. The van der Waals surface area contributed by atoms with Gasteiger partial charge in [-0.25, -0.2) is 0 Å². The molecular formula is C24H33N3O2. The smallest absolute Gasteiger partial charge is 0.225 e. The van der Waals surface area contributed by atoms with Crippen molar-refractivity contribution in [2.45, 2.75) is 59.7 Å². The number of pyridine rings is 1. The average molecular weight is 396 g/mol. The summed E-state index contributed by atoms with van der Waals surface area (Å²) in [7, 11) is 0. The molecule has 0 atom stereocenters. The van der Waals surface area contributed by atoms with Crippen molar-refractivity contribution in [2.24, 2.45) is 5.92 Å². The summed E-state index contributed by atoms with van der Waals surface area (Å²) in [4.78, 5) is 18.4. The van der Waals surface area contributed by atoms with Gasteiger partial charge in [-0.05, 0) is 55.5 Å². The summed E-state index contributed by atoms with van der Waals surface area (Å²) in [6.07, 6.45) is 3.82. The molecule has 2 aromatic rings. The van der Waals surface area contributed by atoms with Gasteiger partial charge in [-0.15, -0.1) is 0 Å². The topological polar surface area (TPSA) is 54.5 Å². The number of hydrogen-bond acceptors (Lipinski definition) is 4. The summed E-state index contributed by atoms with van der Waals surface area (Å²) in [5.41, 5.74) is 4.50. The van der Waals surface area contributed by atoms with Crippen LogP contribution in [0.3, 0.4) is 0 Å². The SMILES string of the molecule is Cc1cc(CNC2CCN(C(=O)C(C)C)CC2)cc(C)c1OCc1ccccn1. The Balaban J connectivity index is 1.51. The number of ether oxygens (including phenoxy) is 1. The Bertz CT molecular complexity index is 789. The van der Waals surface area contributed by atoms with Crippen LogP contribution in [-0.2, 0) is 17.9 Å². The molecule has 1 fully saturated rings. The van der Waals surface area contributed by atoms with Crippen molar-refractivity contribution in [3.05, 3.63) is 58.9 Å². The minimum atomic E-state index is 0.0869. The molecule has 1 aliphatic rings. The van der Waals surface area contributed by atoms with Crippen LogP contribution in [0.4, 0.5) is 0 Å². The molecule has 0 aliphatic carbocycles. The van der Waals surface area contributed by atoms with Crippen LogP contribution in [0.2, 0.25) is 0 Å². The van der Waals surface area contributed by atoms with Crippen molar-refractivity contribution in [1.29, 1.82) is 0 Å². The van der Waals surface area contributed by atoms with E-state index in [1.165, 1.54) is 5.56 Å². The number of hydrogen-bond donors (Lipinski definition) is 1. The van der Waals surface area contributed by atoms with Gasteiger partial charge in [-0.1, -0.05) is 32.0 Å². The van der Waals surface area contributed by atoms with Crippen molar-refractivity contribution in [3.63, 3.8) is 0 Å². The number of benzene rings is 1. The molecule has 0 unspecified atom stereocenters. The minimum absolute atomic E-state index is 0.0869. The molecule has 0 spiro atoms. The number of aryl methyl sites for hydroxylation is 2. The third-order valence-corrected chi connectivity index (χ3v) is 5.51. The Morgan fingerprint density at radius 1 is 1.21 bits per heavy atom. The molecule has 3 rings (SSSR count). The number of likely N-dealkylation sites (tertiary alicyclic amines) is 1. The fourth-order valence-corrected chi connectivity index (χ4v) is 3.93. The second-order valence-corrected chi connectivity index (χ2v) is 8.30. The highest BCUT2D eigenvalue weighted by molar-refractivity contribution is 5.78. The number of rotatable bonds is 7. The molecule has 0 radical (unpaired) electrons. The monoisotopic (exact) mass is 395 g/mol. The summed E-state index contributed by atoms with van der Waals surface area (Å²) in [6, 6.07) is 10.7. The van der Waals surface area contributed by atoms with E-state index in [2.05, 4.69) is 36.3 Å². The Morgan fingerprint density at radius 2 is 1.90 bits per heavy atom. The Kier molecular flexibility index (Phi) is 7.26. The summed E-state index contributed by atoms with van der Waals surface area (Å²) in [5, 5.41) is 3.67. The lowest BCUT2D eigenvalue weighted by Gasteiger charge is -2.33. The predicted octanol–water partition coefficient (Wildman–Crippen LogP) is 4.01. The van der Waals surface area contributed by atoms with Crippen molar-refractivity contribution in [1.82, 2.24) is 15.2 Å². The lowest BCUT2D eigenvalue weighted by Crippen LogP contribution is -2.45. The minimum Gasteiger partial charge on any atom is -0.487 e. The van der Waals surface area contributed by atoms with Gasteiger partial charge in [0.2, 0.25) is 5.91 Å². The van der Waals surface area contributed by atoms with Crippen LogP contribution in [0.15, 0.2) is 36.5 Å². The van der Waals surface area contributed by atoms with E-state index in [0.717, 1.165) is 55.0 Å². The van der Waals surface area contributed by atoms with Crippen LogP contribution < -0.4 is 10.1 Å². The van der Waals surface area contributed by atoms with Crippen LogP contribution in [0.1, 0.15) is 49.1 Å². The van der Waals surface area contributed by atoms with Crippen LogP contribution in [-0.4, -0.2) is 34.9 Å². The van der Waals surface area contributed by atoms with Gasteiger partial charge in [-0.2, -0.15) is 0 Å². The van der Waals surface area contributed by atoms with E-state index in [0.29, 0.717) is 12.6 Å². The third-order valence-electron chi connectivity index (χ3n) is 5.51. The average Bonchev–Trinajstić information content (AvgIpc) is 2.72. The van der Waals surface area contributed by atoms with Gasteiger partial charge in [-0.3, -0.25) is 9.78 Å². The van der Waals surface area contributed by atoms with Crippen LogP contribution in [0.25, 0.3) is 0 Å². The van der Waals surface area contributed by atoms with E-state index < -0.39 is 0 Å². The van der Waals surface area contributed by atoms with Crippen molar-refractivity contribution in [2.75, 3.05) is 13.1 Å². The van der Waals surface area contributed by atoms with Crippen molar-refractivity contribution in [3.8, 4) is 5.75 Å². The van der Waals surface area contributed by atoms with Gasteiger partial charge in [0.15, 0.2) is 0 Å². The second-order valence-electron chi connectivity index (χ2n) is 8.30. The quantitative estimate of drug-likeness (QED) is 0.769. The van der Waals surface area contributed by atoms with E-state index in [1.54, 1.807) is 6.20 Å². The number of aromatic nitrogens is 1. The zero-order valence-corrected chi connectivity index (χ0v) is 18.1. The normalized spacial score (nSPS) is 15.0. The maximum Gasteiger partial charge on any atom is 0.225 e. The van der Waals surface area contributed by atoms with E-state index in [4.69, 9.17) is 4.74 Å². The highest BCUT2D eigenvalue weighted by atomic mass is 16.5. The Morgan fingerprint density at radius 3 is 2.48 bits per heavy atom. The fourth-order valence-electron chi connectivity index (χ4n) is 3.93. The first-order chi connectivity index (χ1) is 13.9. The molecule has 1 aromatic carbocycles.